The Labute approximate surface area is 150 Å². The molecule has 2 heterocycles. The maximum Gasteiger partial charge on any atom is 0.193 e. The van der Waals surface area contributed by atoms with Crippen molar-refractivity contribution in [1.82, 2.24) is 19.7 Å². The van der Waals surface area contributed by atoms with Crippen LogP contribution in [0.4, 0.5) is 0 Å². The summed E-state index contributed by atoms with van der Waals surface area (Å²) in [6, 6.07) is 18.4. The van der Waals surface area contributed by atoms with Crippen molar-refractivity contribution in [3.8, 4) is 11.4 Å². The number of hydrogen-bond acceptors (Lipinski definition) is 4. The van der Waals surface area contributed by atoms with E-state index in [0.29, 0.717) is 5.02 Å². The van der Waals surface area contributed by atoms with Crippen molar-refractivity contribution in [3.05, 3.63) is 65.2 Å². The van der Waals surface area contributed by atoms with Crippen molar-refractivity contribution < 1.29 is 0 Å². The molecular formula is C18H17ClN4S. The van der Waals surface area contributed by atoms with E-state index in [-0.39, 0.29) is 0 Å². The van der Waals surface area contributed by atoms with Crippen LogP contribution in [-0.2, 0) is 13.1 Å². The van der Waals surface area contributed by atoms with E-state index in [9.17, 15) is 0 Å². The molecule has 0 saturated heterocycles. The highest BCUT2D eigenvalue weighted by Crippen LogP contribution is 2.32. The first-order chi connectivity index (χ1) is 11.8. The normalized spacial score (nSPS) is 14.5. The van der Waals surface area contributed by atoms with E-state index in [1.807, 2.05) is 24.3 Å². The van der Waals surface area contributed by atoms with Gasteiger partial charge in [-0.05, 0) is 24.1 Å². The van der Waals surface area contributed by atoms with Crippen molar-refractivity contribution in [2.75, 3.05) is 12.4 Å². The van der Waals surface area contributed by atoms with Gasteiger partial charge >= 0.3 is 0 Å². The Kier molecular flexibility index (Phi) is 4.56. The Hall–Kier alpha value is -1.82. The molecule has 0 bridgehead atoms. The number of hydrogen-bond donors (Lipinski definition) is 0. The van der Waals surface area contributed by atoms with Gasteiger partial charge in [-0.15, -0.1) is 10.2 Å². The van der Waals surface area contributed by atoms with E-state index >= 15 is 0 Å². The van der Waals surface area contributed by atoms with Gasteiger partial charge in [-0.1, -0.05) is 65.8 Å². The van der Waals surface area contributed by atoms with Crippen LogP contribution in [0.2, 0.25) is 5.02 Å². The van der Waals surface area contributed by atoms with Crippen LogP contribution >= 0.6 is 23.4 Å². The fourth-order valence-electron chi connectivity index (χ4n) is 2.82. The average molecular weight is 357 g/mol. The molecule has 0 unspecified atom stereocenters. The summed E-state index contributed by atoms with van der Waals surface area (Å²) in [5, 5.41) is 10.3. The minimum absolute atomic E-state index is 0.708. The molecule has 0 aliphatic carbocycles. The Balaban J connectivity index is 1.52. The third kappa shape index (κ3) is 3.20. The molecule has 0 spiro atoms. The van der Waals surface area contributed by atoms with Gasteiger partial charge in [0.05, 0.1) is 17.6 Å². The Morgan fingerprint density at radius 2 is 1.79 bits per heavy atom. The summed E-state index contributed by atoms with van der Waals surface area (Å²) in [5.74, 6) is 1.78. The lowest BCUT2D eigenvalue weighted by Crippen LogP contribution is -2.32. The molecule has 1 aliphatic heterocycles. The van der Waals surface area contributed by atoms with Crippen LogP contribution in [0.5, 0.6) is 0 Å². The summed E-state index contributed by atoms with van der Waals surface area (Å²) >= 11 is 8.06. The summed E-state index contributed by atoms with van der Waals surface area (Å²) in [7, 11) is 0. The lowest BCUT2D eigenvalue weighted by Gasteiger charge is -2.27. The maximum absolute atomic E-state index is 6.33. The summed E-state index contributed by atoms with van der Waals surface area (Å²) in [6.07, 6.45) is 1.04. The van der Waals surface area contributed by atoms with E-state index in [4.69, 9.17) is 11.6 Å². The molecule has 0 fully saturated rings. The zero-order valence-electron chi connectivity index (χ0n) is 13.1. The van der Waals surface area contributed by atoms with Crippen molar-refractivity contribution in [1.29, 1.82) is 0 Å². The number of aromatic nitrogens is 3. The number of halogens is 1. The maximum atomic E-state index is 6.33. The first kappa shape index (κ1) is 15.7. The lowest BCUT2D eigenvalue weighted by atomic mass is 10.1. The van der Waals surface area contributed by atoms with Crippen molar-refractivity contribution in [2.45, 2.75) is 18.2 Å². The Morgan fingerprint density at radius 1 is 1.00 bits per heavy atom. The highest BCUT2D eigenvalue weighted by atomic mass is 35.5. The quantitative estimate of drug-likeness (QED) is 0.702. The summed E-state index contributed by atoms with van der Waals surface area (Å²) < 4.78 is 2.15. The van der Waals surface area contributed by atoms with Crippen LogP contribution in [0, 0.1) is 0 Å². The SMILES string of the molecule is Clc1ccccc1-c1nnc2n1CN(CCc1ccccc1)CS2. The average Bonchev–Trinajstić information content (AvgIpc) is 3.04. The van der Waals surface area contributed by atoms with Crippen LogP contribution in [0.1, 0.15) is 5.56 Å². The van der Waals surface area contributed by atoms with Crippen LogP contribution in [0.25, 0.3) is 11.4 Å². The largest absolute Gasteiger partial charge is 0.288 e. The van der Waals surface area contributed by atoms with Crippen LogP contribution in [0.3, 0.4) is 0 Å². The molecule has 0 amide bonds. The minimum Gasteiger partial charge on any atom is -0.288 e. The lowest BCUT2D eigenvalue weighted by molar-refractivity contribution is 0.242. The molecule has 0 saturated carbocycles. The minimum atomic E-state index is 0.708. The van der Waals surface area contributed by atoms with Gasteiger partial charge in [-0.3, -0.25) is 9.47 Å². The number of rotatable bonds is 4. The zero-order valence-corrected chi connectivity index (χ0v) is 14.7. The van der Waals surface area contributed by atoms with Gasteiger partial charge in [0.15, 0.2) is 11.0 Å². The molecule has 0 N–H and O–H groups in total. The highest BCUT2D eigenvalue weighted by molar-refractivity contribution is 7.99. The van der Waals surface area contributed by atoms with Crippen molar-refractivity contribution >= 4 is 23.4 Å². The zero-order chi connectivity index (χ0) is 16.4. The van der Waals surface area contributed by atoms with Gasteiger partial charge in [0.2, 0.25) is 0 Å². The van der Waals surface area contributed by atoms with Gasteiger partial charge in [0.1, 0.15) is 0 Å². The van der Waals surface area contributed by atoms with E-state index < -0.39 is 0 Å². The molecule has 0 radical (unpaired) electrons. The molecule has 2 aromatic carbocycles. The summed E-state index contributed by atoms with van der Waals surface area (Å²) in [5.41, 5.74) is 2.30. The number of fused-ring (bicyclic) bond motifs is 1. The molecule has 4 nitrogen and oxygen atoms in total. The topological polar surface area (TPSA) is 34.0 Å². The third-order valence-corrected chi connectivity index (χ3v) is 5.49. The fourth-order valence-corrected chi connectivity index (χ4v) is 3.95. The van der Waals surface area contributed by atoms with Gasteiger partial charge in [0, 0.05) is 12.1 Å². The first-order valence-corrected chi connectivity index (χ1v) is 9.25. The van der Waals surface area contributed by atoms with Crippen molar-refractivity contribution in [3.63, 3.8) is 0 Å². The van der Waals surface area contributed by atoms with Gasteiger partial charge in [-0.25, -0.2) is 0 Å². The molecule has 1 aliphatic rings. The molecule has 24 heavy (non-hydrogen) atoms. The fraction of sp³-hybridized carbons (Fsp3) is 0.222. The van der Waals surface area contributed by atoms with Gasteiger partial charge in [0.25, 0.3) is 0 Å². The van der Waals surface area contributed by atoms with Crippen molar-refractivity contribution in [2.24, 2.45) is 0 Å². The number of thioether (sulfide) groups is 1. The Bertz CT molecular complexity index is 834. The number of benzene rings is 2. The second kappa shape index (κ2) is 6.97. The van der Waals surface area contributed by atoms with E-state index in [0.717, 1.165) is 42.1 Å². The predicted molar refractivity (Wildman–Crippen MR) is 98.0 cm³/mol. The smallest absolute Gasteiger partial charge is 0.193 e. The van der Waals surface area contributed by atoms with Crippen LogP contribution in [0.15, 0.2) is 59.8 Å². The molecular weight excluding hydrogens is 340 g/mol. The van der Waals surface area contributed by atoms with Gasteiger partial charge in [-0.2, -0.15) is 0 Å². The summed E-state index contributed by atoms with van der Waals surface area (Å²) in [4.78, 5) is 2.41. The first-order valence-electron chi connectivity index (χ1n) is 7.88. The molecule has 122 valence electrons. The standard InChI is InChI=1S/C18H17ClN4S/c19-16-9-5-4-8-15(16)17-20-21-18-23(17)12-22(13-24-18)11-10-14-6-2-1-3-7-14/h1-9H,10-13H2. The highest BCUT2D eigenvalue weighted by Gasteiger charge is 2.23. The third-order valence-electron chi connectivity index (χ3n) is 4.11. The monoisotopic (exact) mass is 356 g/mol. The molecule has 4 rings (SSSR count). The predicted octanol–water partition coefficient (Wildman–Crippen LogP) is 4.16. The van der Waals surface area contributed by atoms with Gasteiger partial charge < -0.3 is 0 Å². The summed E-state index contributed by atoms with van der Waals surface area (Å²) in [6.45, 7) is 1.80. The second-order valence-corrected chi connectivity index (χ2v) is 7.08. The molecule has 6 heteroatoms. The van der Waals surface area contributed by atoms with Crippen LogP contribution < -0.4 is 0 Å². The number of nitrogens with zero attached hydrogens (tertiary/aromatic N) is 4. The molecule has 1 aromatic heterocycles. The Morgan fingerprint density at radius 3 is 2.62 bits per heavy atom. The van der Waals surface area contributed by atoms with E-state index in [1.54, 1.807) is 11.8 Å². The van der Waals surface area contributed by atoms with Crippen LogP contribution in [-0.4, -0.2) is 32.1 Å². The second-order valence-electron chi connectivity index (χ2n) is 5.76. The molecule has 0 atom stereocenters. The molecule has 3 aromatic rings. The van der Waals surface area contributed by atoms with E-state index in [1.165, 1.54) is 5.56 Å². The van der Waals surface area contributed by atoms with E-state index in [2.05, 4.69) is 50.0 Å².